The second kappa shape index (κ2) is 8.24. The van der Waals surface area contributed by atoms with Crippen LogP contribution in [0.15, 0.2) is 47.4 Å². The van der Waals surface area contributed by atoms with Crippen molar-refractivity contribution in [1.29, 1.82) is 0 Å². The summed E-state index contributed by atoms with van der Waals surface area (Å²) in [5, 5.41) is 13.9. The van der Waals surface area contributed by atoms with Gasteiger partial charge in [-0.1, -0.05) is 26.0 Å². The van der Waals surface area contributed by atoms with E-state index >= 15 is 0 Å². The zero-order chi connectivity index (χ0) is 19.3. The van der Waals surface area contributed by atoms with Gasteiger partial charge in [0.05, 0.1) is 15.9 Å². The summed E-state index contributed by atoms with van der Waals surface area (Å²) >= 11 is 0. The fourth-order valence-electron chi connectivity index (χ4n) is 2.49. The minimum Gasteiger partial charge on any atom is -0.375 e. The van der Waals surface area contributed by atoms with Gasteiger partial charge in [-0.25, -0.2) is 12.8 Å². The summed E-state index contributed by atoms with van der Waals surface area (Å²) in [7, 11) is -3.53. The molecule has 0 unspecified atom stereocenters. The maximum atomic E-state index is 13.2. The van der Waals surface area contributed by atoms with Gasteiger partial charge in [-0.15, -0.1) is 0 Å². The van der Waals surface area contributed by atoms with E-state index in [2.05, 4.69) is 5.32 Å². The molecule has 0 saturated carbocycles. The van der Waals surface area contributed by atoms with Crippen molar-refractivity contribution in [3.63, 3.8) is 0 Å². The van der Waals surface area contributed by atoms with Gasteiger partial charge in [-0.05, 0) is 29.8 Å². The van der Waals surface area contributed by atoms with Gasteiger partial charge < -0.3 is 5.32 Å². The van der Waals surface area contributed by atoms with E-state index < -0.39 is 20.8 Å². The highest BCUT2D eigenvalue weighted by Crippen LogP contribution is 2.25. The fraction of sp³-hybridized carbons (Fsp3) is 0.294. The molecule has 0 amide bonds. The van der Waals surface area contributed by atoms with E-state index in [1.807, 2.05) is 0 Å². The van der Waals surface area contributed by atoms with Gasteiger partial charge in [0.1, 0.15) is 11.5 Å². The Labute approximate surface area is 151 Å². The molecule has 2 aromatic rings. The number of halogens is 1. The van der Waals surface area contributed by atoms with Crippen molar-refractivity contribution < 1.29 is 17.7 Å². The first-order valence-electron chi connectivity index (χ1n) is 8.06. The summed E-state index contributed by atoms with van der Waals surface area (Å²) in [6, 6.07) is 9.56. The average molecular weight is 381 g/mol. The Hall–Kier alpha value is -2.52. The molecule has 0 spiro atoms. The Morgan fingerprint density at radius 3 is 2.27 bits per heavy atom. The van der Waals surface area contributed by atoms with Crippen LogP contribution >= 0.6 is 0 Å². The van der Waals surface area contributed by atoms with Crippen molar-refractivity contribution in [2.45, 2.75) is 25.3 Å². The molecule has 2 rings (SSSR count). The van der Waals surface area contributed by atoms with E-state index in [1.165, 1.54) is 22.5 Å². The molecule has 0 bridgehead atoms. The molecule has 0 fully saturated rings. The van der Waals surface area contributed by atoms with E-state index in [1.54, 1.807) is 26.0 Å². The van der Waals surface area contributed by atoms with Crippen LogP contribution in [0.5, 0.6) is 0 Å². The molecule has 0 aliphatic carbocycles. The van der Waals surface area contributed by atoms with E-state index in [-0.39, 0.29) is 22.8 Å². The minimum atomic E-state index is -3.53. The average Bonchev–Trinajstić information content (AvgIpc) is 2.61. The zero-order valence-corrected chi connectivity index (χ0v) is 15.3. The maximum absolute atomic E-state index is 13.2. The summed E-state index contributed by atoms with van der Waals surface area (Å²) in [6.45, 7) is 4.55. The fourth-order valence-corrected chi connectivity index (χ4v) is 3.95. The maximum Gasteiger partial charge on any atom is 0.295 e. The Kier molecular flexibility index (Phi) is 6.27. The van der Waals surface area contributed by atoms with Crippen LogP contribution in [0.1, 0.15) is 19.4 Å². The number of hydrogen-bond donors (Lipinski definition) is 1. The van der Waals surface area contributed by atoms with Crippen molar-refractivity contribution >= 4 is 21.4 Å². The minimum absolute atomic E-state index is 0.191. The molecule has 1 N–H and O–H groups in total. The van der Waals surface area contributed by atoms with Crippen LogP contribution in [0, 0.1) is 15.9 Å². The quantitative estimate of drug-likeness (QED) is 0.559. The Bertz CT molecular complexity index is 881. The summed E-state index contributed by atoms with van der Waals surface area (Å²) in [4.78, 5) is 10.5. The molecule has 0 heterocycles. The molecule has 9 heteroatoms. The van der Waals surface area contributed by atoms with Crippen LogP contribution in [0.4, 0.5) is 15.8 Å². The second-order valence-corrected chi connectivity index (χ2v) is 7.44. The molecule has 0 atom stereocenters. The third-order valence-electron chi connectivity index (χ3n) is 3.91. The largest absolute Gasteiger partial charge is 0.375 e. The van der Waals surface area contributed by atoms with Crippen molar-refractivity contribution in [2.24, 2.45) is 0 Å². The Morgan fingerprint density at radius 2 is 1.73 bits per heavy atom. The molecular weight excluding hydrogens is 361 g/mol. The molecule has 0 aromatic heterocycles. The number of nitrogens with zero attached hydrogens (tertiary/aromatic N) is 2. The lowest BCUT2D eigenvalue weighted by molar-refractivity contribution is -0.384. The monoisotopic (exact) mass is 381 g/mol. The molecule has 0 aliphatic heterocycles. The highest BCUT2D eigenvalue weighted by atomic mass is 32.2. The van der Waals surface area contributed by atoms with Crippen molar-refractivity contribution in [3.05, 3.63) is 64.0 Å². The van der Waals surface area contributed by atoms with Gasteiger partial charge in [0.25, 0.3) is 5.69 Å². The lowest BCUT2D eigenvalue weighted by atomic mass is 10.2. The van der Waals surface area contributed by atoms with Crippen LogP contribution in [0.3, 0.4) is 0 Å². The summed E-state index contributed by atoms with van der Waals surface area (Å²) in [6.07, 6.45) is 0. The SMILES string of the molecule is CCN(CC)S(=O)(=O)c1ccc(CNc2ccc(F)cc2[N+](=O)[O-])cc1. The predicted octanol–water partition coefficient (Wildman–Crippen LogP) is 3.38. The first kappa shape index (κ1) is 19.8. The summed E-state index contributed by atoms with van der Waals surface area (Å²) in [5.41, 5.74) is 0.573. The highest BCUT2D eigenvalue weighted by Gasteiger charge is 2.21. The number of rotatable bonds is 8. The van der Waals surface area contributed by atoms with Crippen LogP contribution in [-0.2, 0) is 16.6 Å². The van der Waals surface area contributed by atoms with E-state index in [0.717, 1.165) is 17.7 Å². The predicted molar refractivity (Wildman–Crippen MR) is 96.9 cm³/mol. The van der Waals surface area contributed by atoms with E-state index in [4.69, 9.17) is 0 Å². The first-order chi connectivity index (χ1) is 12.3. The van der Waals surface area contributed by atoms with Gasteiger partial charge in [0.15, 0.2) is 0 Å². The molecule has 0 radical (unpaired) electrons. The number of hydrogen-bond acceptors (Lipinski definition) is 5. The second-order valence-electron chi connectivity index (χ2n) is 5.51. The van der Waals surface area contributed by atoms with Gasteiger partial charge >= 0.3 is 0 Å². The topological polar surface area (TPSA) is 92.6 Å². The molecule has 7 nitrogen and oxygen atoms in total. The first-order valence-corrected chi connectivity index (χ1v) is 9.50. The van der Waals surface area contributed by atoms with Crippen LogP contribution in [0.25, 0.3) is 0 Å². The summed E-state index contributed by atoms with van der Waals surface area (Å²) < 4.78 is 39.4. The third kappa shape index (κ3) is 4.36. The van der Waals surface area contributed by atoms with Crippen molar-refractivity contribution in [3.8, 4) is 0 Å². The van der Waals surface area contributed by atoms with Crippen LogP contribution in [0.2, 0.25) is 0 Å². The molecule has 2 aromatic carbocycles. The molecule has 26 heavy (non-hydrogen) atoms. The van der Waals surface area contributed by atoms with Crippen molar-refractivity contribution in [2.75, 3.05) is 18.4 Å². The van der Waals surface area contributed by atoms with Gasteiger partial charge in [0, 0.05) is 19.6 Å². The molecule has 140 valence electrons. The molecule has 0 saturated heterocycles. The normalized spacial score (nSPS) is 11.5. The standard InChI is InChI=1S/C17H20FN3O4S/c1-3-20(4-2)26(24,25)15-8-5-13(6-9-15)12-19-16-10-7-14(18)11-17(16)21(22)23/h5-11,19H,3-4,12H2,1-2H3. The van der Waals surface area contributed by atoms with Crippen LogP contribution in [-0.4, -0.2) is 30.7 Å². The van der Waals surface area contributed by atoms with E-state index in [9.17, 15) is 22.9 Å². The van der Waals surface area contributed by atoms with Crippen molar-refractivity contribution in [1.82, 2.24) is 4.31 Å². The lowest BCUT2D eigenvalue weighted by Crippen LogP contribution is -2.30. The number of nitrogens with one attached hydrogen (secondary N) is 1. The van der Waals surface area contributed by atoms with Gasteiger partial charge in [0.2, 0.25) is 10.0 Å². The Morgan fingerprint density at radius 1 is 1.12 bits per heavy atom. The smallest absolute Gasteiger partial charge is 0.295 e. The highest BCUT2D eigenvalue weighted by molar-refractivity contribution is 7.89. The zero-order valence-electron chi connectivity index (χ0n) is 14.5. The van der Waals surface area contributed by atoms with E-state index in [0.29, 0.717) is 13.1 Å². The van der Waals surface area contributed by atoms with Crippen LogP contribution < -0.4 is 5.32 Å². The molecule has 0 aliphatic rings. The van der Waals surface area contributed by atoms with Gasteiger partial charge in [-0.3, -0.25) is 10.1 Å². The lowest BCUT2D eigenvalue weighted by Gasteiger charge is -2.18. The van der Waals surface area contributed by atoms with Gasteiger partial charge in [-0.2, -0.15) is 4.31 Å². The number of nitro benzene ring substituents is 1. The molecular formula is C17H20FN3O4S. The third-order valence-corrected chi connectivity index (χ3v) is 5.97. The number of sulfonamides is 1. The number of benzene rings is 2. The number of nitro groups is 1. The Balaban J connectivity index is 2.15. The number of anilines is 1. The summed E-state index contributed by atoms with van der Waals surface area (Å²) in [5.74, 6) is -0.687.